The van der Waals surface area contributed by atoms with Crippen molar-refractivity contribution in [3.63, 3.8) is 0 Å². The van der Waals surface area contributed by atoms with E-state index in [1.54, 1.807) is 12.1 Å². The van der Waals surface area contributed by atoms with Crippen LogP contribution in [0.25, 0.3) is 0 Å². The summed E-state index contributed by atoms with van der Waals surface area (Å²) in [7, 11) is 0. The first-order chi connectivity index (χ1) is 11.7. The summed E-state index contributed by atoms with van der Waals surface area (Å²) in [5, 5.41) is 0. The Morgan fingerprint density at radius 3 is 2.21 bits per heavy atom. The normalized spacial score (nSPS) is 23.4. The van der Waals surface area contributed by atoms with Crippen molar-refractivity contribution in [3.8, 4) is 0 Å². The van der Waals surface area contributed by atoms with Crippen LogP contribution in [0.3, 0.4) is 0 Å². The number of benzene rings is 2. The van der Waals surface area contributed by atoms with Gasteiger partial charge in [-0.3, -0.25) is 9.69 Å². The monoisotopic (exact) mass is 321 g/mol. The molecule has 2 aromatic rings. The number of rotatable bonds is 3. The number of hydrogen-bond donors (Lipinski definition) is 1. The predicted molar refractivity (Wildman–Crippen MR) is 95.6 cm³/mol. The van der Waals surface area contributed by atoms with Gasteiger partial charge in [0.2, 0.25) is 0 Å². The van der Waals surface area contributed by atoms with Gasteiger partial charge in [0, 0.05) is 43.0 Å². The number of nitrogen functional groups attached to an aromatic ring is 1. The maximum absolute atomic E-state index is 12.9. The van der Waals surface area contributed by atoms with E-state index in [1.807, 2.05) is 12.1 Å². The Labute approximate surface area is 142 Å². The van der Waals surface area contributed by atoms with Crippen molar-refractivity contribution < 1.29 is 4.79 Å². The number of nitrogens with zero attached hydrogens (tertiary/aromatic N) is 2. The van der Waals surface area contributed by atoms with Crippen LogP contribution in [-0.4, -0.2) is 40.9 Å². The van der Waals surface area contributed by atoms with Crippen LogP contribution in [0.1, 0.15) is 28.8 Å². The number of fused-ring (bicyclic) bond motifs is 2. The molecule has 2 aliphatic rings. The number of carbonyl (C=O) groups is 1. The molecule has 0 aliphatic carbocycles. The lowest BCUT2D eigenvalue weighted by Crippen LogP contribution is -2.55. The second kappa shape index (κ2) is 6.29. The van der Waals surface area contributed by atoms with E-state index in [4.69, 9.17) is 5.73 Å². The lowest BCUT2D eigenvalue weighted by molar-refractivity contribution is 0.0405. The Bertz CT molecular complexity index is 699. The van der Waals surface area contributed by atoms with Gasteiger partial charge in [-0.1, -0.05) is 30.3 Å². The third-order valence-corrected chi connectivity index (χ3v) is 5.20. The van der Waals surface area contributed by atoms with Crippen LogP contribution in [0, 0.1) is 0 Å². The number of hydrogen-bond acceptors (Lipinski definition) is 3. The maximum Gasteiger partial charge on any atom is 0.254 e. The molecular formula is C20H23N3O. The van der Waals surface area contributed by atoms with Crippen LogP contribution in [0.2, 0.25) is 0 Å². The molecule has 0 radical (unpaired) electrons. The van der Waals surface area contributed by atoms with E-state index in [2.05, 4.69) is 40.1 Å². The van der Waals surface area contributed by atoms with Crippen molar-refractivity contribution in [2.45, 2.75) is 31.5 Å². The summed E-state index contributed by atoms with van der Waals surface area (Å²) in [6.07, 6.45) is 2.22. The van der Waals surface area contributed by atoms with Gasteiger partial charge in [0.05, 0.1) is 0 Å². The molecule has 0 unspecified atom stereocenters. The Kier molecular flexibility index (Phi) is 3.98. The SMILES string of the molecule is Nc1ccc(C(=O)N2[C@@H]3CC[C@H]2CN(Cc2ccccc2)C3)cc1. The van der Waals surface area contributed by atoms with Crippen LogP contribution in [0.5, 0.6) is 0 Å². The van der Waals surface area contributed by atoms with Gasteiger partial charge in [-0.25, -0.2) is 0 Å². The number of likely N-dealkylation sites (tertiary alicyclic amines) is 1. The lowest BCUT2D eigenvalue weighted by Gasteiger charge is -2.41. The summed E-state index contributed by atoms with van der Waals surface area (Å²) >= 11 is 0. The molecule has 2 bridgehead atoms. The third kappa shape index (κ3) is 2.89. The second-order valence-corrected chi connectivity index (χ2v) is 6.90. The molecule has 4 nitrogen and oxygen atoms in total. The minimum Gasteiger partial charge on any atom is -0.399 e. The van der Waals surface area contributed by atoms with E-state index >= 15 is 0 Å². The fourth-order valence-corrected chi connectivity index (χ4v) is 4.07. The van der Waals surface area contributed by atoms with E-state index in [-0.39, 0.29) is 5.91 Å². The summed E-state index contributed by atoms with van der Waals surface area (Å²) in [6.45, 7) is 2.90. The number of piperazine rings is 1. The first kappa shape index (κ1) is 15.2. The molecule has 1 amide bonds. The second-order valence-electron chi connectivity index (χ2n) is 6.90. The molecule has 2 heterocycles. The highest BCUT2D eigenvalue weighted by molar-refractivity contribution is 5.95. The van der Waals surface area contributed by atoms with Crippen LogP contribution < -0.4 is 5.73 Å². The minimum atomic E-state index is 0.155. The molecule has 0 spiro atoms. The molecule has 2 fully saturated rings. The van der Waals surface area contributed by atoms with Gasteiger partial charge in [-0.05, 0) is 42.7 Å². The molecule has 0 saturated carbocycles. The van der Waals surface area contributed by atoms with Gasteiger partial charge in [-0.15, -0.1) is 0 Å². The summed E-state index contributed by atoms with van der Waals surface area (Å²) in [5.41, 5.74) is 8.52. The largest absolute Gasteiger partial charge is 0.399 e. The topological polar surface area (TPSA) is 49.6 Å². The van der Waals surface area contributed by atoms with E-state index < -0.39 is 0 Å². The number of carbonyl (C=O) groups excluding carboxylic acids is 1. The smallest absolute Gasteiger partial charge is 0.254 e. The van der Waals surface area contributed by atoms with Crippen LogP contribution >= 0.6 is 0 Å². The molecule has 4 heteroatoms. The highest BCUT2D eigenvalue weighted by Crippen LogP contribution is 2.32. The van der Waals surface area contributed by atoms with Crippen molar-refractivity contribution >= 4 is 11.6 Å². The Morgan fingerprint density at radius 1 is 0.958 bits per heavy atom. The standard InChI is InChI=1S/C20H23N3O/c21-17-8-6-16(7-9-17)20(24)23-18-10-11-19(23)14-22(13-18)12-15-4-2-1-3-5-15/h1-9,18-19H,10-14,21H2/t18-,19+. The zero-order valence-electron chi connectivity index (χ0n) is 13.8. The fraction of sp³-hybridized carbons (Fsp3) is 0.350. The van der Waals surface area contributed by atoms with Gasteiger partial charge >= 0.3 is 0 Å². The van der Waals surface area contributed by atoms with Crippen molar-refractivity contribution in [1.82, 2.24) is 9.80 Å². The van der Waals surface area contributed by atoms with E-state index in [0.29, 0.717) is 17.8 Å². The summed E-state index contributed by atoms with van der Waals surface area (Å²) < 4.78 is 0. The average Bonchev–Trinajstić information content (AvgIpc) is 2.87. The highest BCUT2D eigenvalue weighted by atomic mass is 16.2. The third-order valence-electron chi connectivity index (χ3n) is 5.20. The molecule has 2 N–H and O–H groups in total. The molecule has 24 heavy (non-hydrogen) atoms. The van der Waals surface area contributed by atoms with Crippen molar-refractivity contribution in [3.05, 3.63) is 65.7 Å². The average molecular weight is 321 g/mol. The van der Waals surface area contributed by atoms with E-state index in [9.17, 15) is 4.79 Å². The molecular weight excluding hydrogens is 298 g/mol. The van der Waals surface area contributed by atoms with Crippen LogP contribution in [0.15, 0.2) is 54.6 Å². The predicted octanol–water partition coefficient (Wildman–Crippen LogP) is 2.76. The maximum atomic E-state index is 12.9. The molecule has 2 saturated heterocycles. The molecule has 4 rings (SSSR count). The van der Waals surface area contributed by atoms with Crippen LogP contribution in [-0.2, 0) is 6.54 Å². The Balaban J connectivity index is 1.47. The lowest BCUT2D eigenvalue weighted by atomic mass is 10.1. The quantitative estimate of drug-likeness (QED) is 0.885. The summed E-state index contributed by atoms with van der Waals surface area (Å²) in [4.78, 5) is 17.5. The molecule has 124 valence electrons. The Morgan fingerprint density at radius 2 is 1.58 bits per heavy atom. The molecule has 2 aromatic carbocycles. The van der Waals surface area contributed by atoms with Gasteiger partial charge < -0.3 is 10.6 Å². The van der Waals surface area contributed by atoms with Crippen molar-refractivity contribution in [2.24, 2.45) is 0 Å². The highest BCUT2D eigenvalue weighted by Gasteiger charge is 2.42. The molecule has 2 atom stereocenters. The van der Waals surface area contributed by atoms with Gasteiger partial charge in [0.15, 0.2) is 0 Å². The van der Waals surface area contributed by atoms with Gasteiger partial charge in [0.1, 0.15) is 0 Å². The zero-order valence-corrected chi connectivity index (χ0v) is 13.8. The van der Waals surface area contributed by atoms with Crippen LogP contribution in [0.4, 0.5) is 5.69 Å². The minimum absolute atomic E-state index is 0.155. The van der Waals surface area contributed by atoms with Crippen molar-refractivity contribution in [1.29, 1.82) is 0 Å². The van der Waals surface area contributed by atoms with Gasteiger partial charge in [0.25, 0.3) is 5.91 Å². The number of anilines is 1. The fourth-order valence-electron chi connectivity index (χ4n) is 4.07. The summed E-state index contributed by atoms with van der Waals surface area (Å²) in [6, 6.07) is 18.5. The first-order valence-electron chi connectivity index (χ1n) is 8.65. The number of nitrogens with two attached hydrogens (primary N) is 1. The zero-order chi connectivity index (χ0) is 16.5. The molecule has 2 aliphatic heterocycles. The van der Waals surface area contributed by atoms with Crippen molar-refractivity contribution in [2.75, 3.05) is 18.8 Å². The van der Waals surface area contributed by atoms with E-state index in [0.717, 1.165) is 38.0 Å². The Hall–Kier alpha value is -2.33. The van der Waals surface area contributed by atoms with E-state index in [1.165, 1.54) is 5.56 Å². The first-order valence-corrected chi connectivity index (χ1v) is 8.65. The summed E-state index contributed by atoms with van der Waals surface area (Å²) in [5.74, 6) is 0.155. The van der Waals surface area contributed by atoms with Gasteiger partial charge in [-0.2, -0.15) is 0 Å². The molecule has 0 aromatic heterocycles. The number of amides is 1.